The van der Waals surface area contributed by atoms with Gasteiger partial charge in [-0.25, -0.2) is 61.5 Å². The van der Waals surface area contributed by atoms with E-state index >= 15 is 0 Å². The summed E-state index contributed by atoms with van der Waals surface area (Å²) < 4.78 is 185. The summed E-state index contributed by atoms with van der Waals surface area (Å²) >= 11 is 0. The van der Waals surface area contributed by atoms with Crippen LogP contribution in [0.4, 0.5) is 61.5 Å². The molecule has 728 valence electrons. The van der Waals surface area contributed by atoms with Crippen molar-refractivity contribution >= 4 is 0 Å². The minimum absolute atomic E-state index is 0.0556. The van der Waals surface area contributed by atoms with Crippen LogP contribution in [0.15, 0.2) is 352 Å². The Balaban J connectivity index is 0.000000179. The molecule has 0 unspecified atom stereocenters. The summed E-state index contributed by atoms with van der Waals surface area (Å²) in [6, 6.07) is 109. The summed E-state index contributed by atoms with van der Waals surface area (Å²) in [6.45, 7) is 36.0. The maximum absolute atomic E-state index is 14.0. The zero-order valence-corrected chi connectivity index (χ0v) is 83.8. The summed E-state index contributed by atoms with van der Waals surface area (Å²) in [6.07, 6.45) is 0. The van der Waals surface area contributed by atoms with Crippen molar-refractivity contribution in [1.82, 2.24) is 0 Å². The van der Waals surface area contributed by atoms with Crippen LogP contribution in [0.2, 0.25) is 0 Å². The maximum Gasteiger partial charge on any atom is 0.166 e. The van der Waals surface area contributed by atoms with Crippen molar-refractivity contribution in [3.8, 4) is 89.0 Å². The highest BCUT2D eigenvalue weighted by Gasteiger charge is 2.17. The number of aryl methyl sites for hydroxylation is 17. The highest BCUT2D eigenvalue weighted by atomic mass is 19.2. The Hall–Kier alpha value is -15.0. The Morgan fingerprint density at radius 1 is 0.106 bits per heavy atom. The van der Waals surface area contributed by atoms with Crippen molar-refractivity contribution in [3.05, 3.63) is 545 Å². The Labute approximate surface area is 828 Å². The monoisotopic (exact) mass is 1920 g/mol. The van der Waals surface area contributed by atoms with Crippen LogP contribution in [0.25, 0.3) is 89.0 Å². The molecule has 142 heavy (non-hydrogen) atoms. The zero-order valence-electron chi connectivity index (χ0n) is 83.8. The lowest BCUT2D eigenvalue weighted by atomic mass is 9.98. The Bertz CT molecular complexity index is 7010. The van der Waals surface area contributed by atoms with Crippen molar-refractivity contribution in [3.63, 3.8) is 0 Å². The van der Waals surface area contributed by atoms with Crippen molar-refractivity contribution in [2.45, 2.75) is 138 Å². The predicted octanol–water partition coefficient (Wildman–Crippen LogP) is 38.3. The van der Waals surface area contributed by atoms with Gasteiger partial charge in [0.25, 0.3) is 0 Å². The highest BCUT2D eigenvalue weighted by molar-refractivity contribution is 5.74. The van der Waals surface area contributed by atoms with Gasteiger partial charge < -0.3 is 0 Å². The average molecular weight is 1920 g/mol. The second-order valence-corrected chi connectivity index (χ2v) is 35.5. The van der Waals surface area contributed by atoms with Gasteiger partial charge in [-0.2, -0.15) is 0 Å². The zero-order chi connectivity index (χ0) is 104. The van der Waals surface area contributed by atoms with E-state index in [9.17, 15) is 61.5 Å². The summed E-state index contributed by atoms with van der Waals surface area (Å²) in [4.78, 5) is 0. The molecule has 0 aliphatic carbocycles. The van der Waals surface area contributed by atoms with Gasteiger partial charge in [-0.1, -0.05) is 353 Å². The Morgan fingerprint density at radius 3 is 0.493 bits per heavy atom. The first-order valence-electron chi connectivity index (χ1n) is 46.3. The molecule has 0 saturated carbocycles. The van der Waals surface area contributed by atoms with Gasteiger partial charge >= 0.3 is 0 Å². The molecular weight excluding hydrogens is 1800 g/mol. The molecule has 0 amide bonds. The van der Waals surface area contributed by atoms with Crippen LogP contribution in [0, 0.1) is 220 Å². The molecule has 0 heterocycles. The minimum Gasteiger partial charge on any atom is -0.207 e. The van der Waals surface area contributed by atoms with Crippen LogP contribution in [-0.2, 0) is 0 Å². The fraction of sp³-hybridized carbons (Fsp3) is 0.156. The van der Waals surface area contributed by atoms with Gasteiger partial charge in [-0.05, 0) is 309 Å². The molecule has 0 spiro atoms. The molecule has 0 radical (unpaired) electrons. The molecule has 0 aliphatic rings. The number of halogens is 14. The van der Waals surface area contributed by atoms with Crippen LogP contribution < -0.4 is 0 Å². The van der Waals surface area contributed by atoms with E-state index < -0.39 is 69.8 Å². The second kappa shape index (κ2) is 52.8. The fourth-order valence-electron chi connectivity index (χ4n) is 13.9. The molecule has 14 heteroatoms. The molecule has 0 aromatic heterocycles. The summed E-state index contributed by atoms with van der Waals surface area (Å²) in [5, 5.41) is 0. The number of hydrogen-bond donors (Lipinski definition) is 0. The van der Waals surface area contributed by atoms with Crippen LogP contribution >= 0.6 is 0 Å². The largest absolute Gasteiger partial charge is 0.207 e. The Morgan fingerprint density at radius 2 is 0.254 bits per heavy atom. The van der Waals surface area contributed by atoms with Crippen LogP contribution in [-0.4, -0.2) is 0 Å². The van der Waals surface area contributed by atoms with Gasteiger partial charge in [0.15, 0.2) is 34.9 Å². The smallest absolute Gasteiger partial charge is 0.166 e. The third kappa shape index (κ3) is 32.8. The molecule has 0 nitrogen and oxygen atoms in total. The van der Waals surface area contributed by atoms with Gasteiger partial charge in [0.05, 0.1) is 0 Å². The predicted molar refractivity (Wildman–Crippen MR) is 562 cm³/mol. The summed E-state index contributed by atoms with van der Waals surface area (Å²) in [5.74, 6) is -7.83. The SMILES string of the molecule is Cc1cc(F)c(C)c(F)c1.Cc1ccc(-c2cc(F)c(C)c(F)c2)cc1.Cc1ccc(-c2ccc(-c3cc(F)c(C)c(F)c3)cc2)cc1.Cc1ccc(-c2ccc(-c3ccc(C)c(F)c3F)cc2)cc1.Cc1ccc(-c2ccc(C)c(F)c2)cc1.Cc1ccc(-c2ccc(C)c(F)c2F)cc1.Cc1ccc(-c2ccc(C)cc2)cc1.Cc1ccc(C)c(F)c1.Cc1ccc(C)c(F)c1F.Cc1ccc(C)cc1. The lowest BCUT2D eigenvalue weighted by molar-refractivity contribution is 0.497. The van der Waals surface area contributed by atoms with Gasteiger partial charge in [-0.15, -0.1) is 0 Å². The lowest BCUT2D eigenvalue weighted by Crippen LogP contribution is -1.93. The quantitative estimate of drug-likeness (QED) is 0.133. The molecule has 0 fully saturated rings. The lowest BCUT2D eigenvalue weighted by Gasteiger charge is -2.08. The van der Waals surface area contributed by atoms with E-state index in [1.54, 1.807) is 95.3 Å². The first-order chi connectivity index (χ1) is 67.4. The molecule has 18 aromatic rings. The number of benzene rings is 18. The van der Waals surface area contributed by atoms with Crippen LogP contribution in [0.3, 0.4) is 0 Å². The second-order valence-electron chi connectivity index (χ2n) is 35.5. The standard InChI is InChI=1S/2C20H16F2.2C14H12F2.C14H13F.C14H14.2C8H8F2.C8H9F.C8H10/c1-13-3-6-15(7-4-13)16-8-10-17(11-9-16)18-12-5-14(2)19(21)20(18)22;1-13-3-5-15(6-4-13)16-7-9-17(10-8-16)18-11-19(21)14(2)20(22)12-18;1-9-3-6-11(7-4-9)12-8-5-10(2)13(15)14(12)16;1-9-3-5-11(6-4-9)12-7-13(15)10(2)14(16)8-12;1-10-3-6-12(7-4-10)13-8-5-11(2)14(15)9-13;1-11-3-7-13(8-4-11)14-9-5-12(2)6-10-14;1-5-3-7(9)6(2)8(10)4-5;1-5-3-4-6(2)8(10)7(5)9;1-6-3-4-7(2)8(9)5-6;1-7-3-5-8(2)6-4-7/h2*3-12H,1-2H3;2*3-8H,1-2H3;3-9H,1-2H3;3-10H,1-2H3;2*3-4H,1-2H3;3-5H,1-2H3;3-6H,1-2H3. The van der Waals surface area contributed by atoms with Crippen LogP contribution in [0.1, 0.15) is 111 Å². The van der Waals surface area contributed by atoms with Gasteiger partial charge in [0, 0.05) is 27.8 Å². The van der Waals surface area contributed by atoms with E-state index in [4.69, 9.17) is 0 Å². The van der Waals surface area contributed by atoms with E-state index in [0.717, 1.165) is 61.2 Å². The van der Waals surface area contributed by atoms with E-state index in [1.165, 1.54) is 127 Å². The number of rotatable bonds is 8. The van der Waals surface area contributed by atoms with Crippen molar-refractivity contribution in [2.75, 3.05) is 0 Å². The van der Waals surface area contributed by atoms with Crippen molar-refractivity contribution in [2.24, 2.45) is 0 Å². The van der Waals surface area contributed by atoms with Crippen molar-refractivity contribution in [1.29, 1.82) is 0 Å². The first-order valence-corrected chi connectivity index (χ1v) is 46.3. The topological polar surface area (TPSA) is 0 Å². The molecular formula is C128H118F14. The third-order valence-corrected chi connectivity index (χ3v) is 23.5. The molecule has 0 atom stereocenters. The summed E-state index contributed by atoms with van der Waals surface area (Å²) in [7, 11) is 0. The minimum atomic E-state index is -0.789. The third-order valence-electron chi connectivity index (χ3n) is 23.5. The molecule has 0 N–H and O–H groups in total. The molecule has 0 saturated heterocycles. The average Bonchev–Trinajstić information content (AvgIpc) is 0.795. The molecule has 0 aliphatic heterocycles. The van der Waals surface area contributed by atoms with E-state index in [1.807, 2.05) is 169 Å². The van der Waals surface area contributed by atoms with Crippen molar-refractivity contribution < 1.29 is 61.5 Å². The normalized spacial score (nSPS) is 10.3. The fourth-order valence-corrected chi connectivity index (χ4v) is 13.9. The van der Waals surface area contributed by atoms with E-state index in [0.29, 0.717) is 72.3 Å². The van der Waals surface area contributed by atoms with Crippen LogP contribution in [0.5, 0.6) is 0 Å². The van der Waals surface area contributed by atoms with Gasteiger partial charge in [0.1, 0.15) is 46.5 Å². The maximum atomic E-state index is 14.0. The summed E-state index contributed by atoms with van der Waals surface area (Å²) in [5.41, 5.74) is 29.3. The molecule has 0 bridgehead atoms. The Kier molecular flexibility index (Phi) is 41.2. The van der Waals surface area contributed by atoms with Gasteiger partial charge in [0.2, 0.25) is 0 Å². The first kappa shape index (κ1) is 111. The van der Waals surface area contributed by atoms with E-state index in [-0.39, 0.29) is 28.3 Å². The molecule has 18 rings (SSSR count). The van der Waals surface area contributed by atoms with Gasteiger partial charge in [-0.3, -0.25) is 0 Å². The van der Waals surface area contributed by atoms with E-state index in [2.05, 4.69) is 149 Å². The molecule has 18 aromatic carbocycles. The number of hydrogen-bond acceptors (Lipinski definition) is 0. The highest BCUT2D eigenvalue weighted by Crippen LogP contribution is 2.34.